The van der Waals surface area contributed by atoms with Crippen molar-refractivity contribution in [2.45, 2.75) is 0 Å². The number of nitrogens with zero attached hydrogens (tertiary/aromatic N) is 1. The molecule has 0 fully saturated rings. The molecule has 10 heteroatoms. The molecule has 4 rings (SSSR count). The van der Waals surface area contributed by atoms with Crippen LogP contribution < -0.4 is 34.1 Å². The maximum atomic E-state index is 13.1. The number of carbonyl (C=O) groups is 1. The number of rotatable bonds is 11. The highest BCUT2D eigenvalue weighted by Gasteiger charge is 2.19. The Bertz CT molecular complexity index is 1570. The minimum Gasteiger partial charge on any atom is -0.493 e. The molecular formula is C30H30N2O8. The van der Waals surface area contributed by atoms with Gasteiger partial charge < -0.3 is 33.4 Å². The van der Waals surface area contributed by atoms with Crippen LogP contribution >= 0.6 is 0 Å². The number of imidazole rings is 1. The van der Waals surface area contributed by atoms with Crippen molar-refractivity contribution in [3.8, 4) is 51.4 Å². The largest absolute Gasteiger partial charge is 0.493 e. The Morgan fingerprint density at radius 3 is 1.82 bits per heavy atom. The first-order valence-corrected chi connectivity index (χ1v) is 12.1. The van der Waals surface area contributed by atoms with E-state index >= 15 is 0 Å². The maximum Gasteiger partial charge on any atom is 0.330 e. The number of methoxy groups -OCH3 is 6. The molecule has 0 radical (unpaired) electrons. The Labute approximate surface area is 231 Å². The van der Waals surface area contributed by atoms with Crippen LogP contribution in [0.1, 0.15) is 15.9 Å². The molecule has 0 amide bonds. The van der Waals surface area contributed by atoms with E-state index in [0.717, 1.165) is 0 Å². The molecule has 0 spiro atoms. The van der Waals surface area contributed by atoms with Gasteiger partial charge in [-0.25, -0.2) is 4.79 Å². The molecule has 0 atom stereocenters. The van der Waals surface area contributed by atoms with Crippen molar-refractivity contribution in [2.75, 3.05) is 42.7 Å². The summed E-state index contributed by atoms with van der Waals surface area (Å²) in [5.41, 5.74) is 2.40. The van der Waals surface area contributed by atoms with Crippen molar-refractivity contribution in [1.82, 2.24) is 9.55 Å². The average Bonchev–Trinajstić information content (AvgIpc) is 3.39. The fourth-order valence-corrected chi connectivity index (χ4v) is 4.33. The van der Waals surface area contributed by atoms with Crippen LogP contribution in [0, 0.1) is 0 Å². The van der Waals surface area contributed by atoms with E-state index in [2.05, 4.69) is 4.98 Å². The first-order chi connectivity index (χ1) is 19.4. The number of nitrogens with one attached hydrogen (secondary N) is 1. The third-order valence-electron chi connectivity index (χ3n) is 6.24. The summed E-state index contributed by atoms with van der Waals surface area (Å²) in [4.78, 5) is 28.8. The van der Waals surface area contributed by atoms with E-state index in [0.29, 0.717) is 62.6 Å². The second-order valence-corrected chi connectivity index (χ2v) is 8.44. The van der Waals surface area contributed by atoms with Crippen LogP contribution in [0.15, 0.2) is 65.6 Å². The van der Waals surface area contributed by atoms with Crippen molar-refractivity contribution < 1.29 is 33.2 Å². The molecule has 1 N–H and O–H groups in total. The topological polar surface area (TPSA) is 110 Å². The molecule has 10 nitrogen and oxygen atoms in total. The van der Waals surface area contributed by atoms with Gasteiger partial charge in [-0.05, 0) is 48.0 Å². The second-order valence-electron chi connectivity index (χ2n) is 8.44. The molecule has 0 aliphatic carbocycles. The Kier molecular flexibility index (Phi) is 8.48. The Hall–Kier alpha value is -5.12. The predicted molar refractivity (Wildman–Crippen MR) is 151 cm³/mol. The lowest BCUT2D eigenvalue weighted by atomic mass is 10.1. The van der Waals surface area contributed by atoms with E-state index in [1.54, 1.807) is 60.8 Å². The Balaban J connectivity index is 1.70. The normalized spacial score (nSPS) is 10.8. The summed E-state index contributed by atoms with van der Waals surface area (Å²) in [5, 5.41) is 0. The number of carbonyl (C=O) groups excluding carboxylic acids is 1. The van der Waals surface area contributed by atoms with Crippen molar-refractivity contribution in [1.29, 1.82) is 0 Å². The van der Waals surface area contributed by atoms with Gasteiger partial charge >= 0.3 is 5.69 Å². The van der Waals surface area contributed by atoms with E-state index in [9.17, 15) is 9.59 Å². The van der Waals surface area contributed by atoms with Crippen LogP contribution in [-0.2, 0) is 0 Å². The molecule has 40 heavy (non-hydrogen) atoms. The number of H-pyrrole nitrogens is 1. The summed E-state index contributed by atoms with van der Waals surface area (Å²) < 4.78 is 34.0. The summed E-state index contributed by atoms with van der Waals surface area (Å²) in [6.45, 7) is 0. The molecular weight excluding hydrogens is 516 g/mol. The lowest BCUT2D eigenvalue weighted by Gasteiger charge is -2.15. The molecule has 0 aliphatic rings. The smallest absolute Gasteiger partial charge is 0.330 e. The standard InChI is InChI=1S/C30H30N2O8/c1-35-24-12-18(13-25(36-2)28(24)39-5)10-11-23(33)19-8-7-9-21(14-19)32-22(17-31-30(32)34)20-15-26(37-3)29(40-6)27(16-20)38-4/h7-17H,1-6H3,(H,31,34). The van der Waals surface area contributed by atoms with E-state index in [1.807, 2.05) is 0 Å². The predicted octanol–water partition coefficient (Wildman–Crippen LogP) is 4.78. The zero-order valence-electron chi connectivity index (χ0n) is 23.1. The highest BCUT2D eigenvalue weighted by molar-refractivity contribution is 6.07. The van der Waals surface area contributed by atoms with Crippen LogP contribution in [0.5, 0.6) is 34.5 Å². The number of hydrogen-bond donors (Lipinski definition) is 1. The van der Waals surface area contributed by atoms with Crippen molar-refractivity contribution in [3.63, 3.8) is 0 Å². The average molecular weight is 547 g/mol. The molecule has 1 aromatic heterocycles. The molecule has 0 bridgehead atoms. The molecule has 0 unspecified atom stereocenters. The van der Waals surface area contributed by atoms with Gasteiger partial charge in [-0.15, -0.1) is 0 Å². The molecule has 208 valence electrons. The van der Waals surface area contributed by atoms with Crippen molar-refractivity contribution >= 4 is 11.9 Å². The molecule has 0 saturated heterocycles. The maximum absolute atomic E-state index is 13.1. The van der Waals surface area contributed by atoms with Gasteiger partial charge in [0.1, 0.15) is 0 Å². The third kappa shape index (κ3) is 5.37. The van der Waals surface area contributed by atoms with E-state index < -0.39 is 0 Å². The first-order valence-electron chi connectivity index (χ1n) is 12.1. The van der Waals surface area contributed by atoms with Gasteiger partial charge in [0.2, 0.25) is 11.5 Å². The summed E-state index contributed by atoms with van der Waals surface area (Å²) >= 11 is 0. The molecule has 4 aromatic rings. The first kappa shape index (κ1) is 27.9. The van der Waals surface area contributed by atoms with E-state index in [4.69, 9.17) is 28.4 Å². The van der Waals surface area contributed by atoms with Gasteiger partial charge in [-0.1, -0.05) is 18.2 Å². The number of aromatic nitrogens is 2. The molecule has 0 saturated carbocycles. The van der Waals surface area contributed by atoms with Gasteiger partial charge in [0.25, 0.3) is 0 Å². The molecule has 3 aromatic carbocycles. The SMILES string of the molecule is COc1cc(C=CC(=O)c2cccc(-n3c(-c4cc(OC)c(OC)c(OC)c4)c[nH]c3=O)c2)cc(OC)c1OC. The van der Waals surface area contributed by atoms with Crippen LogP contribution in [-0.4, -0.2) is 58.0 Å². The van der Waals surface area contributed by atoms with Gasteiger partial charge in [-0.2, -0.15) is 0 Å². The number of hydrogen-bond acceptors (Lipinski definition) is 8. The summed E-state index contributed by atoms with van der Waals surface area (Å²) in [7, 11) is 9.13. The zero-order valence-corrected chi connectivity index (χ0v) is 23.1. The highest BCUT2D eigenvalue weighted by Crippen LogP contribution is 2.41. The van der Waals surface area contributed by atoms with Crippen LogP contribution in [0.4, 0.5) is 0 Å². The molecule has 0 aliphatic heterocycles. The summed E-state index contributed by atoms with van der Waals surface area (Å²) in [6.07, 6.45) is 4.69. The fourth-order valence-electron chi connectivity index (χ4n) is 4.33. The van der Waals surface area contributed by atoms with Gasteiger partial charge in [0.05, 0.1) is 54.0 Å². The number of aromatic amines is 1. The second kappa shape index (κ2) is 12.2. The van der Waals surface area contributed by atoms with E-state index in [-0.39, 0.29) is 11.5 Å². The van der Waals surface area contributed by atoms with Crippen LogP contribution in [0.25, 0.3) is 23.0 Å². The number of ether oxygens (including phenoxy) is 6. The van der Waals surface area contributed by atoms with Crippen LogP contribution in [0.3, 0.4) is 0 Å². The van der Waals surface area contributed by atoms with Crippen LogP contribution in [0.2, 0.25) is 0 Å². The number of allylic oxidation sites excluding steroid dienone is 1. The lowest BCUT2D eigenvalue weighted by molar-refractivity contribution is 0.104. The van der Waals surface area contributed by atoms with Crippen molar-refractivity contribution in [3.05, 3.63) is 82.4 Å². The van der Waals surface area contributed by atoms with Crippen molar-refractivity contribution in [2.24, 2.45) is 0 Å². The molecule has 1 heterocycles. The minimum atomic E-state index is -0.374. The van der Waals surface area contributed by atoms with Gasteiger partial charge in [-0.3, -0.25) is 9.36 Å². The summed E-state index contributed by atoms with van der Waals surface area (Å²) in [5.74, 6) is 2.47. The quantitative estimate of drug-likeness (QED) is 0.211. The van der Waals surface area contributed by atoms with E-state index in [1.165, 1.54) is 53.3 Å². The lowest BCUT2D eigenvalue weighted by Crippen LogP contribution is -2.16. The minimum absolute atomic E-state index is 0.256. The summed E-state index contributed by atoms with van der Waals surface area (Å²) in [6, 6.07) is 13.8. The fraction of sp³-hybridized carbons (Fsp3) is 0.200. The zero-order chi connectivity index (χ0) is 28.8. The van der Waals surface area contributed by atoms with Gasteiger partial charge in [0, 0.05) is 17.3 Å². The number of ketones is 1. The number of benzene rings is 3. The highest BCUT2D eigenvalue weighted by atomic mass is 16.5. The Morgan fingerprint density at radius 2 is 1.30 bits per heavy atom. The van der Waals surface area contributed by atoms with Gasteiger partial charge in [0.15, 0.2) is 28.8 Å². The monoisotopic (exact) mass is 546 g/mol. The third-order valence-corrected chi connectivity index (χ3v) is 6.24. The Morgan fingerprint density at radius 1 is 0.750 bits per heavy atom.